The highest BCUT2D eigenvalue weighted by molar-refractivity contribution is 6.25. The number of pyridine rings is 1. The maximum atomic E-state index is 12.5. The molecule has 0 spiro atoms. The summed E-state index contributed by atoms with van der Waals surface area (Å²) in [6.45, 7) is 3.08. The van der Waals surface area contributed by atoms with Crippen molar-refractivity contribution in [2.75, 3.05) is 0 Å². The summed E-state index contributed by atoms with van der Waals surface area (Å²) in [5, 5.41) is 0. The number of hydrogen-bond donors (Lipinski definition) is 0. The van der Waals surface area contributed by atoms with Crippen molar-refractivity contribution in [2.45, 2.75) is 11.1 Å². The summed E-state index contributed by atoms with van der Waals surface area (Å²) in [6, 6.07) is 4.16. The third-order valence-electron chi connectivity index (χ3n) is 1.73. The Morgan fingerprint density at radius 3 is 2.36 bits per heavy atom. The van der Waals surface area contributed by atoms with Gasteiger partial charge < -0.3 is 0 Å². The summed E-state index contributed by atoms with van der Waals surface area (Å²) in [6.07, 6.45) is -2.72. The van der Waals surface area contributed by atoms with Gasteiger partial charge in [-0.1, -0.05) is 23.7 Å². The molecule has 0 fully saturated rings. The molecule has 1 atom stereocenters. The van der Waals surface area contributed by atoms with Crippen LogP contribution in [0, 0.1) is 0 Å². The van der Waals surface area contributed by atoms with Crippen molar-refractivity contribution in [3.63, 3.8) is 0 Å². The van der Waals surface area contributed by atoms with Crippen molar-refractivity contribution in [3.8, 4) is 0 Å². The van der Waals surface area contributed by atoms with E-state index in [1.165, 1.54) is 24.4 Å². The lowest BCUT2D eigenvalue weighted by atomic mass is 10.0. The number of halogens is 4. The van der Waals surface area contributed by atoms with Gasteiger partial charge in [-0.05, 0) is 12.1 Å². The van der Waals surface area contributed by atoms with Crippen LogP contribution in [-0.4, -0.2) is 11.2 Å². The molecule has 1 nitrogen and oxygen atoms in total. The highest BCUT2D eigenvalue weighted by Gasteiger charge is 2.53. The van der Waals surface area contributed by atoms with Gasteiger partial charge in [-0.15, -0.1) is 6.58 Å². The maximum Gasteiger partial charge on any atom is 0.416 e. The molecule has 0 aromatic carbocycles. The van der Waals surface area contributed by atoms with Crippen LogP contribution in [0.4, 0.5) is 13.2 Å². The van der Waals surface area contributed by atoms with Crippen LogP contribution in [0.1, 0.15) is 5.69 Å². The molecule has 76 valence electrons. The molecule has 1 heterocycles. The number of nitrogens with zero attached hydrogens (tertiary/aromatic N) is 1. The van der Waals surface area contributed by atoms with Crippen molar-refractivity contribution in [3.05, 3.63) is 42.7 Å². The van der Waals surface area contributed by atoms with Crippen molar-refractivity contribution in [2.24, 2.45) is 0 Å². The molecule has 0 radical (unpaired) electrons. The average molecular weight is 222 g/mol. The van der Waals surface area contributed by atoms with E-state index in [2.05, 4.69) is 11.6 Å². The van der Waals surface area contributed by atoms with Crippen LogP contribution in [0.3, 0.4) is 0 Å². The van der Waals surface area contributed by atoms with Gasteiger partial charge in [0.1, 0.15) is 0 Å². The fourth-order valence-corrected chi connectivity index (χ4v) is 1.06. The SMILES string of the molecule is C=CC(Cl)(c1ccccn1)C(F)(F)F. The van der Waals surface area contributed by atoms with E-state index in [1.807, 2.05) is 0 Å². The smallest absolute Gasteiger partial charge is 0.259 e. The minimum Gasteiger partial charge on any atom is -0.259 e. The number of rotatable bonds is 2. The largest absolute Gasteiger partial charge is 0.416 e. The first kappa shape index (κ1) is 11.0. The number of aromatic nitrogens is 1. The van der Waals surface area contributed by atoms with Gasteiger partial charge in [0.15, 0.2) is 4.87 Å². The molecule has 0 amide bonds. The van der Waals surface area contributed by atoms with Gasteiger partial charge in [-0.2, -0.15) is 13.2 Å². The van der Waals surface area contributed by atoms with Crippen LogP contribution in [0.15, 0.2) is 37.1 Å². The van der Waals surface area contributed by atoms with Gasteiger partial charge in [0.2, 0.25) is 0 Å². The Balaban J connectivity index is 3.22. The summed E-state index contributed by atoms with van der Waals surface area (Å²) >= 11 is 5.42. The Bertz CT molecular complexity index is 323. The Morgan fingerprint density at radius 2 is 2.00 bits per heavy atom. The molecular formula is C9H7ClF3N. The zero-order valence-corrected chi connectivity index (χ0v) is 7.81. The van der Waals surface area contributed by atoms with E-state index < -0.39 is 11.1 Å². The summed E-state index contributed by atoms with van der Waals surface area (Å²) in [4.78, 5) is 0.962. The number of alkyl halides is 4. The number of hydrogen-bond acceptors (Lipinski definition) is 1. The molecule has 1 aromatic rings. The first-order chi connectivity index (χ1) is 6.42. The quantitative estimate of drug-likeness (QED) is 0.552. The number of allylic oxidation sites excluding steroid dienone is 1. The minimum absolute atomic E-state index is 0.274. The van der Waals surface area contributed by atoms with Gasteiger partial charge in [-0.3, -0.25) is 4.98 Å². The van der Waals surface area contributed by atoms with Crippen molar-refractivity contribution in [1.29, 1.82) is 0 Å². The van der Waals surface area contributed by atoms with E-state index in [4.69, 9.17) is 11.6 Å². The summed E-state index contributed by atoms with van der Waals surface area (Å²) < 4.78 is 37.6. The van der Waals surface area contributed by atoms with E-state index in [0.29, 0.717) is 6.08 Å². The zero-order valence-electron chi connectivity index (χ0n) is 7.05. The summed E-state index contributed by atoms with van der Waals surface area (Å²) in [7, 11) is 0. The van der Waals surface area contributed by atoms with Crippen LogP contribution in [0.25, 0.3) is 0 Å². The molecule has 1 rings (SSSR count). The molecule has 0 saturated heterocycles. The first-order valence-electron chi connectivity index (χ1n) is 3.72. The van der Waals surface area contributed by atoms with Crippen LogP contribution < -0.4 is 0 Å². The normalized spacial score (nSPS) is 16.0. The summed E-state index contributed by atoms with van der Waals surface area (Å²) in [5.41, 5.74) is -0.274. The van der Waals surface area contributed by atoms with Crippen LogP contribution in [-0.2, 0) is 4.87 Å². The Kier molecular flexibility index (Phi) is 2.85. The van der Waals surface area contributed by atoms with Gasteiger partial charge in [0.05, 0.1) is 5.69 Å². The van der Waals surface area contributed by atoms with Crippen LogP contribution >= 0.6 is 11.6 Å². The second-order valence-electron chi connectivity index (χ2n) is 2.63. The second kappa shape index (κ2) is 3.61. The van der Waals surface area contributed by atoms with Crippen LogP contribution in [0.5, 0.6) is 0 Å². The van der Waals surface area contributed by atoms with E-state index in [1.54, 1.807) is 0 Å². The van der Waals surface area contributed by atoms with Crippen LogP contribution in [0.2, 0.25) is 0 Å². The van der Waals surface area contributed by atoms with Gasteiger partial charge in [0.25, 0.3) is 0 Å². The van der Waals surface area contributed by atoms with Gasteiger partial charge >= 0.3 is 6.18 Å². The molecule has 5 heteroatoms. The molecule has 0 aliphatic rings. The third kappa shape index (κ3) is 1.75. The van der Waals surface area contributed by atoms with E-state index in [0.717, 1.165) is 0 Å². The molecule has 0 aliphatic heterocycles. The lowest BCUT2D eigenvalue weighted by molar-refractivity contribution is -0.153. The Morgan fingerprint density at radius 1 is 1.36 bits per heavy atom. The van der Waals surface area contributed by atoms with E-state index >= 15 is 0 Å². The predicted octanol–water partition coefficient (Wildman–Crippen LogP) is 3.26. The second-order valence-corrected chi connectivity index (χ2v) is 3.22. The van der Waals surface area contributed by atoms with Crippen molar-refractivity contribution >= 4 is 11.6 Å². The molecule has 0 aliphatic carbocycles. The highest BCUT2D eigenvalue weighted by Crippen LogP contribution is 2.44. The molecule has 0 saturated carbocycles. The molecule has 14 heavy (non-hydrogen) atoms. The topological polar surface area (TPSA) is 12.9 Å². The molecular weight excluding hydrogens is 215 g/mol. The van der Waals surface area contributed by atoms with Crippen molar-refractivity contribution < 1.29 is 13.2 Å². The maximum absolute atomic E-state index is 12.5. The average Bonchev–Trinajstić information content (AvgIpc) is 2.16. The lowest BCUT2D eigenvalue weighted by Crippen LogP contribution is -2.35. The molecule has 0 bridgehead atoms. The Hall–Kier alpha value is -1.03. The fourth-order valence-electron chi connectivity index (χ4n) is 0.943. The predicted molar refractivity (Wildman–Crippen MR) is 48.0 cm³/mol. The third-order valence-corrected chi connectivity index (χ3v) is 2.29. The highest BCUT2D eigenvalue weighted by atomic mass is 35.5. The fraction of sp³-hybridized carbons (Fsp3) is 0.222. The molecule has 1 aromatic heterocycles. The Labute approximate surface area is 84.2 Å². The van der Waals surface area contributed by atoms with Gasteiger partial charge in [-0.25, -0.2) is 0 Å². The monoisotopic (exact) mass is 221 g/mol. The van der Waals surface area contributed by atoms with Gasteiger partial charge in [0, 0.05) is 6.20 Å². The zero-order chi connectivity index (χ0) is 10.8. The molecule has 0 N–H and O–H groups in total. The minimum atomic E-state index is -4.61. The molecule has 1 unspecified atom stereocenters. The summed E-state index contributed by atoms with van der Waals surface area (Å²) in [5.74, 6) is 0. The van der Waals surface area contributed by atoms with Crippen molar-refractivity contribution in [1.82, 2.24) is 4.98 Å². The van der Waals surface area contributed by atoms with E-state index in [-0.39, 0.29) is 5.69 Å². The standard InChI is InChI=1S/C9H7ClF3N/c1-2-8(10,9(11,12)13)7-5-3-4-6-14-7/h2-6H,1H2. The van der Waals surface area contributed by atoms with E-state index in [9.17, 15) is 13.2 Å². The lowest BCUT2D eigenvalue weighted by Gasteiger charge is -2.25. The first-order valence-corrected chi connectivity index (χ1v) is 4.10.